The van der Waals surface area contributed by atoms with Crippen LogP contribution in [0.4, 0.5) is 0 Å². The van der Waals surface area contributed by atoms with Gasteiger partial charge in [0.25, 0.3) is 0 Å². The molecular formula is C52H35N3O. The predicted octanol–water partition coefficient (Wildman–Crippen LogP) is 13.1. The molecule has 0 bridgehead atoms. The van der Waals surface area contributed by atoms with Gasteiger partial charge in [0.15, 0.2) is 0 Å². The monoisotopic (exact) mass is 717 g/mol. The second kappa shape index (κ2) is 13.2. The van der Waals surface area contributed by atoms with E-state index in [0.29, 0.717) is 0 Å². The first-order chi connectivity index (χ1) is 27.7. The van der Waals surface area contributed by atoms with Crippen LogP contribution in [-0.4, -0.2) is 10.4 Å². The lowest BCUT2D eigenvalue weighted by atomic mass is 9.95. The number of aromatic nitrogens is 1. The van der Waals surface area contributed by atoms with Gasteiger partial charge in [-0.25, -0.2) is 4.99 Å². The molecule has 3 heterocycles. The van der Waals surface area contributed by atoms with Crippen LogP contribution in [-0.2, 0) is 0 Å². The molecule has 0 radical (unpaired) electrons. The highest BCUT2D eigenvalue weighted by Gasteiger charge is 2.25. The van der Waals surface area contributed by atoms with Crippen molar-refractivity contribution < 1.29 is 4.42 Å². The number of hydrogen-bond donors (Lipinski definition) is 1. The number of aliphatic imine (C=N–C) groups is 1. The number of amidine groups is 1. The SMILES string of the molecule is C1=C(c2cccc(-c3ccccc3)c2)N=C(c2ccc(-c3ccccc3)cc2)NC1c1cccc2c1c1ccccc1n2-c1ccc2oc3ccccc3c2c1. The Kier molecular flexibility index (Phi) is 7.52. The van der Waals surface area contributed by atoms with E-state index in [0.717, 1.165) is 66.9 Å². The smallest absolute Gasteiger partial charge is 0.135 e. The largest absolute Gasteiger partial charge is 0.456 e. The fourth-order valence-corrected chi connectivity index (χ4v) is 8.39. The summed E-state index contributed by atoms with van der Waals surface area (Å²) in [6.07, 6.45) is 2.29. The summed E-state index contributed by atoms with van der Waals surface area (Å²) >= 11 is 0. The molecule has 0 amide bonds. The molecule has 0 aliphatic carbocycles. The first-order valence-electron chi connectivity index (χ1n) is 19.1. The van der Waals surface area contributed by atoms with Crippen molar-refractivity contribution in [1.82, 2.24) is 9.88 Å². The molecule has 0 saturated carbocycles. The number of para-hydroxylation sites is 2. The van der Waals surface area contributed by atoms with Crippen molar-refractivity contribution in [3.8, 4) is 27.9 Å². The van der Waals surface area contributed by atoms with E-state index in [1.165, 1.54) is 33.0 Å². The van der Waals surface area contributed by atoms with Gasteiger partial charge >= 0.3 is 0 Å². The minimum atomic E-state index is -0.157. The summed E-state index contributed by atoms with van der Waals surface area (Å²) in [7, 11) is 0. The number of nitrogens with zero attached hydrogens (tertiary/aromatic N) is 2. The quantitative estimate of drug-likeness (QED) is 0.186. The molecule has 4 heteroatoms. The molecule has 264 valence electrons. The van der Waals surface area contributed by atoms with Crippen molar-refractivity contribution in [2.45, 2.75) is 6.04 Å². The molecule has 8 aromatic carbocycles. The van der Waals surface area contributed by atoms with Crippen LogP contribution in [0.3, 0.4) is 0 Å². The van der Waals surface area contributed by atoms with E-state index in [-0.39, 0.29) is 6.04 Å². The topological polar surface area (TPSA) is 42.5 Å². The molecule has 2 aromatic heterocycles. The van der Waals surface area contributed by atoms with Crippen LogP contribution in [0.5, 0.6) is 0 Å². The van der Waals surface area contributed by atoms with E-state index in [1.807, 2.05) is 12.1 Å². The predicted molar refractivity (Wildman–Crippen MR) is 232 cm³/mol. The minimum absolute atomic E-state index is 0.157. The third-order valence-electron chi connectivity index (χ3n) is 11.1. The maximum absolute atomic E-state index is 6.22. The summed E-state index contributed by atoms with van der Waals surface area (Å²) in [6.45, 7) is 0. The third-order valence-corrected chi connectivity index (χ3v) is 11.1. The van der Waals surface area contributed by atoms with Gasteiger partial charge in [0, 0.05) is 38.4 Å². The van der Waals surface area contributed by atoms with Gasteiger partial charge in [-0.3, -0.25) is 0 Å². The molecule has 0 spiro atoms. The minimum Gasteiger partial charge on any atom is -0.456 e. The Morgan fingerprint density at radius 1 is 0.446 bits per heavy atom. The highest BCUT2D eigenvalue weighted by Crippen LogP contribution is 2.40. The van der Waals surface area contributed by atoms with Gasteiger partial charge in [0.2, 0.25) is 0 Å². The van der Waals surface area contributed by atoms with E-state index in [4.69, 9.17) is 9.41 Å². The molecule has 0 saturated heterocycles. The fourth-order valence-electron chi connectivity index (χ4n) is 8.39. The first-order valence-corrected chi connectivity index (χ1v) is 19.1. The van der Waals surface area contributed by atoms with E-state index in [1.54, 1.807) is 0 Å². The normalized spacial score (nSPS) is 14.2. The molecule has 0 fully saturated rings. The Bertz CT molecular complexity index is 3150. The van der Waals surface area contributed by atoms with Crippen LogP contribution < -0.4 is 5.32 Å². The zero-order chi connectivity index (χ0) is 37.0. The van der Waals surface area contributed by atoms with Gasteiger partial charge in [-0.1, -0.05) is 152 Å². The lowest BCUT2D eigenvalue weighted by Crippen LogP contribution is -2.31. The number of fused-ring (bicyclic) bond motifs is 6. The molecule has 1 atom stereocenters. The van der Waals surface area contributed by atoms with Crippen molar-refractivity contribution >= 4 is 55.3 Å². The summed E-state index contributed by atoms with van der Waals surface area (Å²) in [5.41, 5.74) is 14.1. The Labute approximate surface area is 324 Å². The molecule has 1 aliphatic heterocycles. The molecule has 4 nitrogen and oxygen atoms in total. The molecular weight excluding hydrogens is 683 g/mol. The fraction of sp³-hybridized carbons (Fsp3) is 0.0192. The van der Waals surface area contributed by atoms with E-state index < -0.39 is 0 Å². The third kappa shape index (κ3) is 5.42. The maximum atomic E-state index is 6.22. The van der Waals surface area contributed by atoms with Gasteiger partial charge in [-0.15, -0.1) is 0 Å². The highest BCUT2D eigenvalue weighted by molar-refractivity contribution is 6.13. The zero-order valence-corrected chi connectivity index (χ0v) is 30.4. The van der Waals surface area contributed by atoms with Gasteiger partial charge in [-0.2, -0.15) is 0 Å². The van der Waals surface area contributed by atoms with Gasteiger partial charge in [0.05, 0.1) is 22.8 Å². The van der Waals surface area contributed by atoms with E-state index in [2.05, 4.69) is 198 Å². The van der Waals surface area contributed by atoms with Crippen molar-refractivity contribution in [3.05, 3.63) is 217 Å². The Balaban J connectivity index is 1.08. The second-order valence-electron chi connectivity index (χ2n) is 14.4. The Morgan fingerprint density at radius 3 is 1.88 bits per heavy atom. The summed E-state index contributed by atoms with van der Waals surface area (Å²) in [5.74, 6) is 0.843. The summed E-state index contributed by atoms with van der Waals surface area (Å²) < 4.78 is 8.61. The van der Waals surface area contributed by atoms with Crippen molar-refractivity contribution in [3.63, 3.8) is 0 Å². The summed E-state index contributed by atoms with van der Waals surface area (Å²) in [5, 5.41) is 8.54. The maximum Gasteiger partial charge on any atom is 0.135 e. The highest BCUT2D eigenvalue weighted by atomic mass is 16.3. The number of hydrogen-bond acceptors (Lipinski definition) is 3. The Hall–Kier alpha value is -7.43. The van der Waals surface area contributed by atoms with E-state index >= 15 is 0 Å². The van der Waals surface area contributed by atoms with Crippen LogP contribution in [0, 0.1) is 0 Å². The molecule has 10 aromatic rings. The number of furan rings is 1. The first kappa shape index (κ1) is 32.0. The average Bonchev–Trinajstić information content (AvgIpc) is 3.82. The molecule has 1 aliphatic rings. The summed E-state index contributed by atoms with van der Waals surface area (Å²) in [4.78, 5) is 5.33. The lowest BCUT2D eigenvalue weighted by molar-refractivity contribution is 0.669. The second-order valence-corrected chi connectivity index (χ2v) is 14.4. The average molecular weight is 718 g/mol. The van der Waals surface area contributed by atoms with Crippen molar-refractivity contribution in [1.29, 1.82) is 0 Å². The van der Waals surface area contributed by atoms with Crippen LogP contribution in [0.1, 0.15) is 22.7 Å². The molecule has 56 heavy (non-hydrogen) atoms. The van der Waals surface area contributed by atoms with E-state index in [9.17, 15) is 0 Å². The number of nitrogens with one attached hydrogen (secondary N) is 1. The lowest BCUT2D eigenvalue weighted by Gasteiger charge is -2.25. The van der Waals surface area contributed by atoms with Gasteiger partial charge in [0.1, 0.15) is 17.0 Å². The Morgan fingerprint density at radius 2 is 1.05 bits per heavy atom. The van der Waals surface area contributed by atoms with Gasteiger partial charge in [-0.05, 0) is 76.4 Å². The molecule has 11 rings (SSSR count). The summed E-state index contributed by atoms with van der Waals surface area (Å²) in [6, 6.07) is 68.6. The zero-order valence-electron chi connectivity index (χ0n) is 30.4. The number of benzene rings is 8. The standard InChI is InChI=1S/C52H35N3O/c1-3-13-34(14-4-1)36-25-27-37(28-26-36)52-53-45(39-18-11-17-38(31-39)35-15-5-2-6-16-35)33-46(54-52)42-21-12-23-48-51(42)43-20-7-9-22-47(43)55(48)40-29-30-50-44(32-40)41-19-8-10-24-49(41)56-50/h1-33,46H,(H,53,54). The number of rotatable bonds is 6. The molecule has 1 N–H and O–H groups in total. The van der Waals surface area contributed by atoms with Crippen molar-refractivity contribution in [2.24, 2.45) is 4.99 Å². The molecule has 1 unspecified atom stereocenters. The van der Waals surface area contributed by atoms with Crippen LogP contribution in [0.25, 0.3) is 77.4 Å². The van der Waals surface area contributed by atoms with Gasteiger partial charge < -0.3 is 14.3 Å². The van der Waals surface area contributed by atoms with Crippen molar-refractivity contribution in [2.75, 3.05) is 0 Å². The van der Waals surface area contributed by atoms with Crippen LogP contribution >= 0.6 is 0 Å². The van der Waals surface area contributed by atoms with Crippen LogP contribution in [0.2, 0.25) is 0 Å². The van der Waals surface area contributed by atoms with Crippen LogP contribution in [0.15, 0.2) is 210 Å².